The zero-order chi connectivity index (χ0) is 23.6. The molecule has 1 amide bonds. The molecule has 1 aliphatic heterocycles. The minimum absolute atomic E-state index is 0.0267. The van der Waals surface area contributed by atoms with E-state index in [9.17, 15) is 22.4 Å². The van der Waals surface area contributed by atoms with E-state index < -0.39 is 29.2 Å². The van der Waals surface area contributed by atoms with Crippen LogP contribution in [-0.4, -0.2) is 17.8 Å². The zero-order valence-corrected chi connectivity index (χ0v) is 18.4. The van der Waals surface area contributed by atoms with Gasteiger partial charge >= 0.3 is 6.18 Å². The summed E-state index contributed by atoms with van der Waals surface area (Å²) in [7, 11) is 0. The highest BCUT2D eigenvalue weighted by atomic mass is 79.9. The fraction of sp³-hybridized carbons (Fsp3) is 0.0833. The van der Waals surface area contributed by atoms with Crippen molar-refractivity contribution in [1.82, 2.24) is 0 Å². The largest absolute Gasteiger partial charge is 0.488 e. The quantitative estimate of drug-likeness (QED) is 0.285. The first-order valence-corrected chi connectivity index (χ1v) is 10.5. The first-order valence-electron chi connectivity index (χ1n) is 9.67. The molecule has 0 N–H and O–H groups in total. The van der Waals surface area contributed by atoms with E-state index >= 15 is 0 Å². The number of carbonyl (C=O) groups is 1. The van der Waals surface area contributed by atoms with Gasteiger partial charge in [0.15, 0.2) is 5.71 Å². The maximum Gasteiger partial charge on any atom is 0.435 e. The van der Waals surface area contributed by atoms with Gasteiger partial charge in [-0.25, -0.2) is 4.39 Å². The molecule has 0 radical (unpaired) electrons. The second-order valence-electron chi connectivity index (χ2n) is 7.03. The Morgan fingerprint density at radius 2 is 1.70 bits per heavy atom. The van der Waals surface area contributed by atoms with E-state index in [0.29, 0.717) is 21.3 Å². The van der Waals surface area contributed by atoms with Crippen molar-refractivity contribution in [1.29, 1.82) is 0 Å². The van der Waals surface area contributed by atoms with Crippen molar-refractivity contribution < 1.29 is 27.1 Å². The first kappa shape index (κ1) is 22.7. The number of hydrogen-bond donors (Lipinski definition) is 0. The van der Waals surface area contributed by atoms with Crippen LogP contribution in [-0.2, 0) is 11.4 Å². The molecule has 0 saturated carbocycles. The minimum atomic E-state index is -4.81. The summed E-state index contributed by atoms with van der Waals surface area (Å²) in [6.45, 7) is -0.0267. The zero-order valence-electron chi connectivity index (χ0n) is 16.8. The van der Waals surface area contributed by atoms with Crippen molar-refractivity contribution in [3.63, 3.8) is 0 Å². The number of hydrogen-bond acceptors (Lipinski definition) is 3. The highest BCUT2D eigenvalue weighted by molar-refractivity contribution is 9.10. The van der Waals surface area contributed by atoms with Crippen LogP contribution < -0.4 is 9.75 Å². The Kier molecular flexibility index (Phi) is 6.33. The summed E-state index contributed by atoms with van der Waals surface area (Å²) in [6.07, 6.45) is -3.69. The Labute approximate surface area is 194 Å². The van der Waals surface area contributed by atoms with E-state index in [0.717, 1.165) is 11.1 Å². The van der Waals surface area contributed by atoms with Crippen LogP contribution in [0, 0.1) is 5.82 Å². The van der Waals surface area contributed by atoms with Gasteiger partial charge in [0.1, 0.15) is 18.2 Å². The fourth-order valence-electron chi connectivity index (χ4n) is 3.16. The van der Waals surface area contributed by atoms with Crippen LogP contribution in [0.4, 0.5) is 23.2 Å². The molecule has 0 aliphatic carbocycles. The van der Waals surface area contributed by atoms with Crippen molar-refractivity contribution in [2.45, 2.75) is 12.8 Å². The predicted octanol–water partition coefficient (Wildman–Crippen LogP) is 6.52. The molecule has 0 aromatic heterocycles. The number of carbonyl (C=O) groups excluding carboxylic acids is 1. The number of alkyl halides is 3. The third kappa shape index (κ3) is 4.98. The molecule has 0 spiro atoms. The molecule has 9 heteroatoms. The second kappa shape index (κ2) is 9.19. The maximum absolute atomic E-state index is 13.8. The number of para-hydroxylation sites is 1. The maximum atomic E-state index is 13.8. The third-order valence-electron chi connectivity index (χ3n) is 4.76. The van der Waals surface area contributed by atoms with E-state index in [1.54, 1.807) is 36.4 Å². The van der Waals surface area contributed by atoms with Crippen LogP contribution in [0.3, 0.4) is 0 Å². The van der Waals surface area contributed by atoms with Gasteiger partial charge in [-0.3, -0.25) is 4.79 Å². The average Bonchev–Trinajstić information content (AvgIpc) is 3.11. The number of nitrogens with zero attached hydrogens (tertiary/aromatic N) is 2. The fourth-order valence-corrected chi connectivity index (χ4v) is 3.67. The topological polar surface area (TPSA) is 41.9 Å². The highest BCUT2D eigenvalue weighted by Gasteiger charge is 2.46. The van der Waals surface area contributed by atoms with Crippen LogP contribution in [0.25, 0.3) is 6.08 Å². The predicted molar refractivity (Wildman–Crippen MR) is 120 cm³/mol. The van der Waals surface area contributed by atoms with Crippen LogP contribution in [0.5, 0.6) is 5.75 Å². The van der Waals surface area contributed by atoms with Gasteiger partial charge in [0.2, 0.25) is 0 Å². The number of halogens is 5. The molecular formula is C24H15BrF4N2O2. The lowest BCUT2D eigenvalue weighted by atomic mass is 10.1. The van der Waals surface area contributed by atoms with Crippen LogP contribution in [0.15, 0.2) is 87.9 Å². The van der Waals surface area contributed by atoms with Crippen LogP contribution in [0.2, 0.25) is 0 Å². The molecule has 0 saturated heterocycles. The Morgan fingerprint density at radius 3 is 2.36 bits per heavy atom. The molecule has 0 bridgehead atoms. The van der Waals surface area contributed by atoms with Crippen LogP contribution >= 0.6 is 15.9 Å². The third-order valence-corrected chi connectivity index (χ3v) is 5.37. The van der Waals surface area contributed by atoms with Crippen molar-refractivity contribution >= 4 is 39.3 Å². The van der Waals surface area contributed by atoms with E-state index in [1.165, 1.54) is 36.4 Å². The van der Waals surface area contributed by atoms with Gasteiger partial charge in [0.25, 0.3) is 5.91 Å². The lowest BCUT2D eigenvalue weighted by molar-refractivity contribution is -0.114. The minimum Gasteiger partial charge on any atom is -0.488 e. The number of benzene rings is 3. The van der Waals surface area contributed by atoms with Gasteiger partial charge < -0.3 is 4.74 Å². The molecule has 1 aliphatic rings. The molecule has 4 nitrogen and oxygen atoms in total. The summed E-state index contributed by atoms with van der Waals surface area (Å²) in [5.74, 6) is -0.921. The molecule has 168 valence electrons. The van der Waals surface area contributed by atoms with E-state index in [1.807, 2.05) is 0 Å². The molecule has 33 heavy (non-hydrogen) atoms. The van der Waals surface area contributed by atoms with Gasteiger partial charge in [-0.1, -0.05) is 42.5 Å². The molecule has 0 fully saturated rings. The summed E-state index contributed by atoms with van der Waals surface area (Å²) < 4.78 is 60.6. The van der Waals surface area contributed by atoms with Gasteiger partial charge in [-0.05, 0) is 57.9 Å². The number of hydrazone groups is 1. The Balaban J connectivity index is 1.60. The molecular weight excluding hydrogens is 504 g/mol. The first-order chi connectivity index (χ1) is 15.7. The van der Waals surface area contributed by atoms with Crippen molar-refractivity contribution in [3.8, 4) is 5.75 Å². The Bertz CT molecular complexity index is 1260. The summed E-state index contributed by atoms with van der Waals surface area (Å²) >= 11 is 3.31. The average molecular weight is 519 g/mol. The van der Waals surface area contributed by atoms with E-state index in [2.05, 4.69) is 21.0 Å². The Morgan fingerprint density at radius 1 is 1.00 bits per heavy atom. The number of rotatable bonds is 5. The van der Waals surface area contributed by atoms with Crippen molar-refractivity contribution in [2.24, 2.45) is 5.10 Å². The monoisotopic (exact) mass is 518 g/mol. The summed E-state index contributed by atoms with van der Waals surface area (Å²) in [6, 6.07) is 18.6. The lowest BCUT2D eigenvalue weighted by Gasteiger charge is -2.11. The van der Waals surface area contributed by atoms with Gasteiger partial charge in [-0.15, -0.1) is 0 Å². The van der Waals surface area contributed by atoms with E-state index in [4.69, 9.17) is 4.74 Å². The summed E-state index contributed by atoms with van der Waals surface area (Å²) in [4.78, 5) is 12.8. The molecule has 0 unspecified atom stereocenters. The molecule has 3 aromatic rings. The number of anilines is 1. The molecule has 4 rings (SSSR count). The van der Waals surface area contributed by atoms with Gasteiger partial charge in [-0.2, -0.15) is 23.3 Å². The molecule has 3 aromatic carbocycles. The van der Waals surface area contributed by atoms with Crippen molar-refractivity contribution in [3.05, 3.63) is 99.8 Å². The van der Waals surface area contributed by atoms with E-state index in [-0.39, 0.29) is 12.3 Å². The van der Waals surface area contributed by atoms with Crippen molar-refractivity contribution in [2.75, 3.05) is 5.01 Å². The summed E-state index contributed by atoms with van der Waals surface area (Å²) in [5, 5.41) is 4.27. The summed E-state index contributed by atoms with van der Waals surface area (Å²) in [5.41, 5.74) is -0.925. The number of amides is 1. The molecule has 1 heterocycles. The highest BCUT2D eigenvalue weighted by Crippen LogP contribution is 2.34. The van der Waals surface area contributed by atoms with Crippen LogP contribution in [0.1, 0.15) is 11.1 Å². The normalized spacial score (nSPS) is 15.2. The lowest BCUT2D eigenvalue weighted by Crippen LogP contribution is -2.25. The van der Waals surface area contributed by atoms with Gasteiger partial charge in [0, 0.05) is 5.56 Å². The SMILES string of the molecule is O=C1/C(=C\c2ccc(OCc3ccccc3F)c(Br)c2)C(C(F)(F)F)=NN1c1ccccc1. The smallest absolute Gasteiger partial charge is 0.435 e. The second-order valence-corrected chi connectivity index (χ2v) is 7.88. The van der Waals surface area contributed by atoms with Gasteiger partial charge in [0.05, 0.1) is 15.7 Å². The standard InChI is InChI=1S/C24H15BrF4N2O2/c25-19-13-15(10-11-21(19)33-14-16-6-4-5-9-20(16)26)12-18-22(24(27,28)29)30-31(23(18)32)17-7-2-1-3-8-17/h1-13H,14H2/b18-12-. The molecule has 0 atom stereocenters. The Hall–Kier alpha value is -3.46. The number of ether oxygens (including phenoxy) is 1.